The average Bonchev–Trinajstić information content (AvgIpc) is 1.82. The second kappa shape index (κ2) is 4.37. The van der Waals surface area contributed by atoms with Crippen LogP contribution in [0.4, 0.5) is 0 Å². The van der Waals surface area contributed by atoms with Crippen LogP contribution in [0.1, 0.15) is 27.2 Å². The van der Waals surface area contributed by atoms with Gasteiger partial charge in [0.15, 0.2) is 0 Å². The molecule has 0 aromatic rings. The Bertz CT molecular complexity index is 107. The van der Waals surface area contributed by atoms with Gasteiger partial charge in [-0.05, 0) is 12.3 Å². The molecule has 0 unspecified atom stereocenters. The topological polar surface area (TPSA) is 0 Å². The summed E-state index contributed by atoms with van der Waals surface area (Å²) in [5, 5.41) is 0. The normalized spacial score (nSPS) is 12.2. The van der Waals surface area contributed by atoms with Crippen molar-refractivity contribution in [2.24, 2.45) is 5.92 Å². The largest absolute Gasteiger partial charge is 0.0988 e. The van der Waals surface area contributed by atoms with Crippen LogP contribution in [0.5, 0.6) is 0 Å². The molecular formula is C9H16. The Hall–Kier alpha value is -0.520. The number of rotatable bonds is 3. The van der Waals surface area contributed by atoms with Crippen LogP contribution in [0.3, 0.4) is 0 Å². The fourth-order valence-electron chi connectivity index (χ4n) is 0.758. The molecule has 0 bridgehead atoms. The third-order valence-electron chi connectivity index (χ3n) is 1.22. The van der Waals surface area contributed by atoms with E-state index < -0.39 is 0 Å². The van der Waals surface area contributed by atoms with Gasteiger partial charge >= 0.3 is 0 Å². The zero-order chi connectivity index (χ0) is 7.28. The molecule has 0 heteroatoms. The summed E-state index contributed by atoms with van der Waals surface area (Å²) < 4.78 is 0. The predicted molar refractivity (Wildman–Crippen MR) is 43.4 cm³/mol. The van der Waals surface area contributed by atoms with E-state index in [4.69, 9.17) is 0 Å². The third kappa shape index (κ3) is 4.01. The highest BCUT2D eigenvalue weighted by molar-refractivity contribution is 5.15. The molecular weight excluding hydrogens is 108 g/mol. The lowest BCUT2D eigenvalue weighted by molar-refractivity contribution is 0.819. The summed E-state index contributed by atoms with van der Waals surface area (Å²) in [6.45, 7) is 10.2. The number of hydrogen-bond donors (Lipinski definition) is 0. The maximum Gasteiger partial charge on any atom is -0.0285 e. The summed E-state index contributed by atoms with van der Waals surface area (Å²) in [4.78, 5) is 0. The molecule has 9 heavy (non-hydrogen) atoms. The van der Waals surface area contributed by atoms with Crippen LogP contribution < -0.4 is 0 Å². The molecule has 52 valence electrons. The zero-order valence-corrected chi connectivity index (χ0v) is 6.65. The molecule has 0 N–H and O–H groups in total. The summed E-state index contributed by atoms with van der Waals surface area (Å²) in [5.41, 5.74) is 1.35. The van der Waals surface area contributed by atoms with Gasteiger partial charge in [0.25, 0.3) is 0 Å². The van der Waals surface area contributed by atoms with Gasteiger partial charge in [0.2, 0.25) is 0 Å². The van der Waals surface area contributed by atoms with Gasteiger partial charge in [-0.15, -0.1) is 0 Å². The van der Waals surface area contributed by atoms with E-state index >= 15 is 0 Å². The Balaban J connectivity index is 3.90. The van der Waals surface area contributed by atoms with Crippen molar-refractivity contribution in [3.8, 4) is 0 Å². The highest BCUT2D eigenvalue weighted by Gasteiger charge is 1.88. The molecule has 0 aliphatic rings. The lowest BCUT2D eigenvalue weighted by Gasteiger charge is -1.98. The van der Waals surface area contributed by atoms with Gasteiger partial charge in [-0.3, -0.25) is 0 Å². The Morgan fingerprint density at radius 2 is 2.11 bits per heavy atom. The molecule has 0 radical (unpaired) electrons. The minimum atomic E-state index is 0.651. The quantitative estimate of drug-likeness (QED) is 0.507. The van der Waals surface area contributed by atoms with Crippen LogP contribution in [0.2, 0.25) is 0 Å². The molecule has 0 aromatic carbocycles. The van der Waals surface area contributed by atoms with E-state index in [9.17, 15) is 0 Å². The fourth-order valence-corrected chi connectivity index (χ4v) is 0.758. The number of hydrogen-bond acceptors (Lipinski definition) is 0. The first-order valence-corrected chi connectivity index (χ1v) is 3.53. The molecule has 0 saturated heterocycles. The molecule has 0 saturated carbocycles. The third-order valence-corrected chi connectivity index (χ3v) is 1.22. The smallest absolute Gasteiger partial charge is 0.0285 e. The van der Waals surface area contributed by atoms with Crippen LogP contribution in [-0.4, -0.2) is 0 Å². The van der Waals surface area contributed by atoms with E-state index in [1.165, 1.54) is 5.57 Å². The van der Waals surface area contributed by atoms with Crippen molar-refractivity contribution in [3.63, 3.8) is 0 Å². The lowest BCUT2D eigenvalue weighted by Crippen LogP contribution is -1.82. The molecule has 0 heterocycles. The van der Waals surface area contributed by atoms with Crippen molar-refractivity contribution < 1.29 is 0 Å². The van der Waals surface area contributed by atoms with Crippen molar-refractivity contribution in [1.29, 1.82) is 0 Å². The molecule has 0 amide bonds. The van der Waals surface area contributed by atoms with Crippen LogP contribution in [0.25, 0.3) is 0 Å². The number of allylic oxidation sites excluding steroid dienone is 3. The first-order chi connectivity index (χ1) is 4.20. The van der Waals surface area contributed by atoms with Gasteiger partial charge in [0, 0.05) is 0 Å². The fraction of sp³-hybridized carbons (Fsp3) is 0.556. The summed E-state index contributed by atoms with van der Waals surface area (Å²) in [5.74, 6) is 0.651. The van der Waals surface area contributed by atoms with Gasteiger partial charge in [-0.1, -0.05) is 45.1 Å². The minimum absolute atomic E-state index is 0.651. The monoisotopic (exact) mass is 124 g/mol. The van der Waals surface area contributed by atoms with Crippen molar-refractivity contribution in [1.82, 2.24) is 0 Å². The maximum absolute atomic E-state index is 3.72. The highest BCUT2D eigenvalue weighted by Crippen LogP contribution is 2.05. The van der Waals surface area contributed by atoms with E-state index in [1.807, 2.05) is 6.08 Å². The Morgan fingerprint density at radius 3 is 2.22 bits per heavy atom. The van der Waals surface area contributed by atoms with Gasteiger partial charge in [0.1, 0.15) is 0 Å². The Labute approximate surface area is 58.3 Å². The molecule has 0 rings (SSSR count). The van der Waals surface area contributed by atoms with Gasteiger partial charge in [-0.25, -0.2) is 0 Å². The van der Waals surface area contributed by atoms with Crippen molar-refractivity contribution >= 4 is 0 Å². The van der Waals surface area contributed by atoms with E-state index in [0.29, 0.717) is 5.92 Å². The van der Waals surface area contributed by atoms with E-state index in [0.717, 1.165) is 6.42 Å². The summed E-state index contributed by atoms with van der Waals surface area (Å²) in [7, 11) is 0. The first-order valence-electron chi connectivity index (χ1n) is 3.53. The molecule has 0 nitrogen and oxygen atoms in total. The maximum atomic E-state index is 3.72. The summed E-state index contributed by atoms with van der Waals surface area (Å²) in [6, 6.07) is 0. The van der Waals surface area contributed by atoms with Crippen LogP contribution in [-0.2, 0) is 0 Å². The van der Waals surface area contributed by atoms with Crippen molar-refractivity contribution in [2.75, 3.05) is 0 Å². The molecule has 0 atom stereocenters. The molecule has 0 aromatic heterocycles. The summed E-state index contributed by atoms with van der Waals surface area (Å²) >= 11 is 0. The second-order valence-corrected chi connectivity index (χ2v) is 2.54. The second-order valence-electron chi connectivity index (χ2n) is 2.54. The van der Waals surface area contributed by atoms with E-state index in [-0.39, 0.29) is 0 Å². The molecule has 0 spiro atoms. The van der Waals surface area contributed by atoms with E-state index in [2.05, 4.69) is 33.4 Å². The standard InChI is InChI=1S/C9H16/c1-5-9(6-2)7-8(3)4/h5,7-8H,1,6H2,2-4H3. The Morgan fingerprint density at radius 1 is 1.56 bits per heavy atom. The van der Waals surface area contributed by atoms with Gasteiger partial charge < -0.3 is 0 Å². The molecule has 0 aliphatic carbocycles. The zero-order valence-electron chi connectivity index (χ0n) is 6.65. The Kier molecular flexibility index (Phi) is 4.12. The van der Waals surface area contributed by atoms with Crippen LogP contribution >= 0.6 is 0 Å². The van der Waals surface area contributed by atoms with E-state index in [1.54, 1.807) is 0 Å². The van der Waals surface area contributed by atoms with Gasteiger partial charge in [-0.2, -0.15) is 0 Å². The average molecular weight is 124 g/mol. The van der Waals surface area contributed by atoms with Gasteiger partial charge in [0.05, 0.1) is 0 Å². The predicted octanol–water partition coefficient (Wildman–Crippen LogP) is 3.16. The molecule has 0 fully saturated rings. The summed E-state index contributed by atoms with van der Waals surface area (Å²) in [6.07, 6.45) is 5.27. The van der Waals surface area contributed by atoms with Crippen LogP contribution in [0, 0.1) is 5.92 Å². The first kappa shape index (κ1) is 8.48. The lowest BCUT2D eigenvalue weighted by atomic mass is 10.1. The minimum Gasteiger partial charge on any atom is -0.0988 e. The highest BCUT2D eigenvalue weighted by atomic mass is 13.9. The van der Waals surface area contributed by atoms with Crippen LogP contribution in [0.15, 0.2) is 24.3 Å². The van der Waals surface area contributed by atoms with Crippen molar-refractivity contribution in [3.05, 3.63) is 24.3 Å². The SMILES string of the molecule is C=CC(=CC(C)C)CC. The van der Waals surface area contributed by atoms with Crippen molar-refractivity contribution in [2.45, 2.75) is 27.2 Å². The molecule has 0 aliphatic heterocycles.